The predicted octanol–water partition coefficient (Wildman–Crippen LogP) is 2.91. The van der Waals surface area contributed by atoms with Crippen LogP contribution < -0.4 is 0 Å². The van der Waals surface area contributed by atoms with Crippen molar-refractivity contribution in [2.75, 3.05) is 26.2 Å². The summed E-state index contributed by atoms with van der Waals surface area (Å²) in [6.45, 7) is 3.61. The van der Waals surface area contributed by atoms with Gasteiger partial charge in [-0.2, -0.15) is 13.2 Å². The van der Waals surface area contributed by atoms with Gasteiger partial charge in [0.05, 0.1) is 10.6 Å². The molecular formula is C16H16ClF3N2O2. The summed E-state index contributed by atoms with van der Waals surface area (Å²) in [4.78, 5) is 27.2. The number of likely N-dealkylation sites (tertiary alicyclic amines) is 2. The van der Waals surface area contributed by atoms with Crippen LogP contribution >= 0.6 is 11.6 Å². The third-order valence-corrected chi connectivity index (χ3v) is 5.07. The molecule has 3 rings (SSSR count). The van der Waals surface area contributed by atoms with Gasteiger partial charge in [-0.15, -0.1) is 0 Å². The molecule has 0 radical (unpaired) electrons. The summed E-state index contributed by atoms with van der Waals surface area (Å²) in [5.74, 6) is -0.0461. The number of benzene rings is 1. The van der Waals surface area contributed by atoms with E-state index in [1.165, 1.54) is 13.0 Å². The van der Waals surface area contributed by atoms with Crippen LogP contribution in [-0.2, 0) is 11.0 Å². The second-order valence-electron chi connectivity index (χ2n) is 6.35. The Kier molecular flexibility index (Phi) is 4.23. The Morgan fingerprint density at radius 1 is 1.08 bits per heavy atom. The number of carbonyl (C=O) groups excluding carboxylic acids is 2. The molecule has 0 bridgehead atoms. The highest BCUT2D eigenvalue weighted by Gasteiger charge is 2.42. The molecule has 8 heteroatoms. The maximum Gasteiger partial charge on any atom is 0.417 e. The van der Waals surface area contributed by atoms with Gasteiger partial charge in [0, 0.05) is 50.5 Å². The van der Waals surface area contributed by atoms with Gasteiger partial charge in [-0.3, -0.25) is 9.59 Å². The van der Waals surface area contributed by atoms with Gasteiger partial charge in [-0.1, -0.05) is 11.6 Å². The van der Waals surface area contributed by atoms with Crippen LogP contribution in [0.25, 0.3) is 0 Å². The number of fused-ring (bicyclic) bond motifs is 1. The molecule has 0 aromatic heterocycles. The first kappa shape index (κ1) is 17.1. The van der Waals surface area contributed by atoms with E-state index in [1.807, 2.05) is 0 Å². The van der Waals surface area contributed by atoms with Gasteiger partial charge in [-0.05, 0) is 18.2 Å². The molecule has 2 heterocycles. The molecule has 24 heavy (non-hydrogen) atoms. The fourth-order valence-corrected chi connectivity index (χ4v) is 3.70. The zero-order valence-corrected chi connectivity index (χ0v) is 13.7. The van der Waals surface area contributed by atoms with E-state index >= 15 is 0 Å². The highest BCUT2D eigenvalue weighted by atomic mass is 35.5. The van der Waals surface area contributed by atoms with Crippen LogP contribution in [0.4, 0.5) is 13.2 Å². The van der Waals surface area contributed by atoms with Gasteiger partial charge in [0.2, 0.25) is 5.91 Å². The third-order valence-electron chi connectivity index (χ3n) is 4.74. The van der Waals surface area contributed by atoms with Crippen molar-refractivity contribution in [2.45, 2.75) is 13.1 Å². The minimum absolute atomic E-state index is 0.00907. The molecule has 2 fully saturated rings. The zero-order valence-electron chi connectivity index (χ0n) is 12.9. The van der Waals surface area contributed by atoms with E-state index in [1.54, 1.807) is 9.80 Å². The van der Waals surface area contributed by atoms with Gasteiger partial charge in [0.15, 0.2) is 0 Å². The van der Waals surface area contributed by atoms with Crippen molar-refractivity contribution in [3.63, 3.8) is 0 Å². The van der Waals surface area contributed by atoms with E-state index in [0.717, 1.165) is 12.1 Å². The molecule has 1 aromatic carbocycles. The fraction of sp³-hybridized carbons (Fsp3) is 0.500. The van der Waals surface area contributed by atoms with Crippen LogP contribution in [-0.4, -0.2) is 47.8 Å². The zero-order chi connectivity index (χ0) is 17.6. The molecule has 2 aliphatic heterocycles. The number of halogens is 4. The van der Waals surface area contributed by atoms with Crippen molar-refractivity contribution < 1.29 is 22.8 Å². The maximum atomic E-state index is 12.9. The highest BCUT2D eigenvalue weighted by Crippen LogP contribution is 2.36. The summed E-state index contributed by atoms with van der Waals surface area (Å²) in [6, 6.07) is 3.22. The molecule has 2 saturated heterocycles. The summed E-state index contributed by atoms with van der Waals surface area (Å²) in [5, 5.41) is -0.422. The molecule has 2 atom stereocenters. The second-order valence-corrected chi connectivity index (χ2v) is 6.75. The Morgan fingerprint density at radius 3 is 2.12 bits per heavy atom. The lowest BCUT2D eigenvalue weighted by atomic mass is 10.0. The molecule has 2 amide bonds. The minimum Gasteiger partial charge on any atom is -0.342 e. The molecule has 2 aliphatic rings. The Hall–Kier alpha value is -1.76. The van der Waals surface area contributed by atoms with Crippen molar-refractivity contribution in [3.8, 4) is 0 Å². The second kappa shape index (κ2) is 5.95. The summed E-state index contributed by atoms with van der Waals surface area (Å²) in [5.41, 5.74) is -1.02. The molecule has 4 nitrogen and oxygen atoms in total. The van der Waals surface area contributed by atoms with Crippen molar-refractivity contribution in [2.24, 2.45) is 11.8 Å². The number of carbonyl (C=O) groups is 2. The first-order valence-electron chi connectivity index (χ1n) is 7.58. The summed E-state index contributed by atoms with van der Waals surface area (Å²) in [7, 11) is 0. The van der Waals surface area contributed by atoms with Crippen molar-refractivity contribution >= 4 is 23.4 Å². The molecule has 0 unspecified atom stereocenters. The van der Waals surface area contributed by atoms with Gasteiger partial charge in [0.1, 0.15) is 0 Å². The third kappa shape index (κ3) is 3.09. The first-order chi connectivity index (χ1) is 11.2. The summed E-state index contributed by atoms with van der Waals surface area (Å²) >= 11 is 5.59. The summed E-state index contributed by atoms with van der Waals surface area (Å²) in [6.07, 6.45) is -4.60. The molecule has 130 valence electrons. The first-order valence-corrected chi connectivity index (χ1v) is 7.96. The van der Waals surface area contributed by atoms with E-state index in [9.17, 15) is 22.8 Å². The number of nitrogens with zero attached hydrogens (tertiary/aromatic N) is 2. The van der Waals surface area contributed by atoms with Crippen molar-refractivity contribution in [1.82, 2.24) is 9.80 Å². The van der Waals surface area contributed by atoms with Crippen molar-refractivity contribution in [1.29, 1.82) is 0 Å². The Labute approximate surface area is 142 Å². The van der Waals surface area contributed by atoms with Crippen LogP contribution in [0.2, 0.25) is 5.02 Å². The Bertz CT molecular complexity index is 678. The number of hydrogen-bond donors (Lipinski definition) is 0. The lowest BCUT2D eigenvalue weighted by Crippen LogP contribution is -2.34. The Balaban J connectivity index is 1.74. The molecular weight excluding hydrogens is 345 g/mol. The normalized spacial score (nSPS) is 23.5. The van der Waals surface area contributed by atoms with E-state index < -0.39 is 22.7 Å². The quantitative estimate of drug-likeness (QED) is 0.772. The highest BCUT2D eigenvalue weighted by molar-refractivity contribution is 6.31. The number of alkyl halides is 3. The van der Waals surface area contributed by atoms with Gasteiger partial charge >= 0.3 is 6.18 Å². The largest absolute Gasteiger partial charge is 0.417 e. The monoisotopic (exact) mass is 360 g/mol. The fourth-order valence-electron chi connectivity index (χ4n) is 3.47. The van der Waals surface area contributed by atoms with Crippen LogP contribution in [0, 0.1) is 11.8 Å². The minimum atomic E-state index is -4.60. The van der Waals surface area contributed by atoms with E-state index in [4.69, 9.17) is 11.6 Å². The number of hydrogen-bond acceptors (Lipinski definition) is 2. The average Bonchev–Trinajstić information content (AvgIpc) is 3.04. The maximum absolute atomic E-state index is 12.9. The molecule has 1 aromatic rings. The van der Waals surface area contributed by atoms with E-state index in [0.29, 0.717) is 26.2 Å². The van der Waals surface area contributed by atoms with Gasteiger partial charge < -0.3 is 9.80 Å². The smallest absolute Gasteiger partial charge is 0.342 e. The molecule has 0 aliphatic carbocycles. The van der Waals surface area contributed by atoms with Gasteiger partial charge in [-0.25, -0.2) is 0 Å². The van der Waals surface area contributed by atoms with Crippen LogP contribution in [0.5, 0.6) is 0 Å². The van der Waals surface area contributed by atoms with Crippen molar-refractivity contribution in [3.05, 3.63) is 34.3 Å². The number of rotatable bonds is 1. The standard InChI is InChI=1S/C16H16ClF3N2O2/c1-9(23)21-5-11-7-22(8-12(11)6-21)15(24)10-2-3-14(17)13(4-10)16(18,19)20/h2-4,11-12H,5-8H2,1H3/t11-,12+. The lowest BCUT2D eigenvalue weighted by Gasteiger charge is -2.21. The summed E-state index contributed by atoms with van der Waals surface area (Å²) < 4.78 is 38.8. The average molecular weight is 361 g/mol. The number of amides is 2. The molecule has 0 spiro atoms. The molecule has 0 N–H and O–H groups in total. The molecule has 0 saturated carbocycles. The van der Waals surface area contributed by atoms with E-state index in [-0.39, 0.29) is 23.3 Å². The Morgan fingerprint density at radius 2 is 1.62 bits per heavy atom. The SMILES string of the molecule is CC(=O)N1C[C@@H]2CN(C(=O)c3ccc(Cl)c(C(F)(F)F)c3)C[C@@H]2C1. The lowest BCUT2D eigenvalue weighted by molar-refractivity contribution is -0.137. The van der Waals surface area contributed by atoms with Crippen LogP contribution in [0.3, 0.4) is 0 Å². The van der Waals surface area contributed by atoms with E-state index in [2.05, 4.69) is 0 Å². The van der Waals surface area contributed by atoms with Crippen LogP contribution in [0.1, 0.15) is 22.8 Å². The van der Waals surface area contributed by atoms with Gasteiger partial charge in [0.25, 0.3) is 5.91 Å². The predicted molar refractivity (Wildman–Crippen MR) is 81.6 cm³/mol. The van der Waals surface area contributed by atoms with Crippen LogP contribution in [0.15, 0.2) is 18.2 Å². The topological polar surface area (TPSA) is 40.6 Å².